The van der Waals surface area contributed by atoms with Crippen LogP contribution in [0.25, 0.3) is 0 Å². The molecule has 1 aromatic carbocycles. The second-order valence-electron chi connectivity index (χ2n) is 5.32. The highest BCUT2D eigenvalue weighted by Crippen LogP contribution is 2.35. The van der Waals surface area contributed by atoms with Crippen molar-refractivity contribution in [3.63, 3.8) is 0 Å². The summed E-state index contributed by atoms with van der Waals surface area (Å²) in [6.45, 7) is 2.18. The molecule has 0 radical (unpaired) electrons. The Kier molecular flexibility index (Phi) is 6.44. The number of aromatic nitrogens is 2. The van der Waals surface area contributed by atoms with Crippen LogP contribution in [0.15, 0.2) is 30.5 Å². The summed E-state index contributed by atoms with van der Waals surface area (Å²) in [5, 5.41) is 2.85. The lowest BCUT2D eigenvalue weighted by molar-refractivity contribution is -0.139. The van der Waals surface area contributed by atoms with Gasteiger partial charge >= 0.3 is 6.18 Å². The van der Waals surface area contributed by atoms with E-state index in [1.807, 2.05) is 6.92 Å². The Morgan fingerprint density at radius 3 is 2.68 bits per heavy atom. The molecular weight excluding hydrogens is 335 g/mol. The van der Waals surface area contributed by atoms with Crippen LogP contribution < -0.4 is 14.8 Å². The number of halogens is 3. The van der Waals surface area contributed by atoms with Crippen molar-refractivity contribution >= 4 is 11.6 Å². The van der Waals surface area contributed by atoms with Crippen LogP contribution in [0.1, 0.15) is 31.7 Å². The molecule has 0 unspecified atom stereocenters. The molecular formula is C17H20F3N3O2. The highest BCUT2D eigenvalue weighted by Gasteiger charge is 2.36. The monoisotopic (exact) mass is 355 g/mol. The minimum absolute atomic E-state index is 0.0201. The number of nitrogens with one attached hydrogen (secondary N) is 1. The van der Waals surface area contributed by atoms with Gasteiger partial charge in [0.05, 0.1) is 13.7 Å². The number of methoxy groups -OCH3 is 1. The third-order valence-electron chi connectivity index (χ3n) is 3.37. The zero-order valence-corrected chi connectivity index (χ0v) is 14.1. The molecule has 0 atom stereocenters. The molecule has 0 aliphatic rings. The van der Waals surface area contributed by atoms with Crippen molar-refractivity contribution in [2.45, 2.75) is 32.4 Å². The van der Waals surface area contributed by atoms with Crippen molar-refractivity contribution in [1.29, 1.82) is 0 Å². The van der Waals surface area contributed by atoms with Gasteiger partial charge in [0, 0.05) is 18.0 Å². The first-order valence-corrected chi connectivity index (χ1v) is 7.92. The Morgan fingerprint density at radius 1 is 1.20 bits per heavy atom. The average molecular weight is 355 g/mol. The Labute approximate surface area is 144 Å². The van der Waals surface area contributed by atoms with E-state index in [0.29, 0.717) is 17.9 Å². The van der Waals surface area contributed by atoms with Crippen LogP contribution in [0, 0.1) is 0 Å². The Morgan fingerprint density at radius 2 is 2.00 bits per heavy atom. The molecule has 0 saturated heterocycles. The van der Waals surface area contributed by atoms with Crippen molar-refractivity contribution < 1.29 is 22.6 Å². The smallest absolute Gasteiger partial charge is 0.423 e. The van der Waals surface area contributed by atoms with E-state index < -0.39 is 17.6 Å². The Balaban J connectivity index is 2.21. The van der Waals surface area contributed by atoms with Gasteiger partial charge in [-0.25, -0.2) is 4.98 Å². The van der Waals surface area contributed by atoms with E-state index in [0.717, 1.165) is 19.0 Å². The molecule has 0 bridgehead atoms. The fourth-order valence-corrected chi connectivity index (χ4v) is 2.08. The highest BCUT2D eigenvalue weighted by atomic mass is 19.4. The third-order valence-corrected chi connectivity index (χ3v) is 3.37. The van der Waals surface area contributed by atoms with Crippen LogP contribution >= 0.6 is 0 Å². The molecule has 5 nitrogen and oxygen atoms in total. The number of hydrogen-bond donors (Lipinski definition) is 1. The van der Waals surface area contributed by atoms with Crippen LogP contribution in [0.3, 0.4) is 0 Å². The van der Waals surface area contributed by atoms with E-state index in [4.69, 9.17) is 9.47 Å². The molecule has 0 saturated carbocycles. The van der Waals surface area contributed by atoms with Crippen molar-refractivity contribution in [2.75, 3.05) is 19.0 Å². The van der Waals surface area contributed by atoms with Gasteiger partial charge in [-0.05, 0) is 18.6 Å². The summed E-state index contributed by atoms with van der Waals surface area (Å²) in [5.74, 6) is 0.156. The Hall–Kier alpha value is -2.51. The second-order valence-corrected chi connectivity index (χ2v) is 5.32. The number of hydrogen-bond acceptors (Lipinski definition) is 5. The van der Waals surface area contributed by atoms with Crippen LogP contribution in [0.5, 0.6) is 11.6 Å². The van der Waals surface area contributed by atoms with Gasteiger partial charge in [0.2, 0.25) is 11.8 Å². The molecule has 25 heavy (non-hydrogen) atoms. The Bertz CT molecular complexity index is 693. The van der Waals surface area contributed by atoms with Gasteiger partial charge in [0.25, 0.3) is 0 Å². The number of anilines is 2. The molecule has 0 amide bonds. The summed E-state index contributed by atoms with van der Waals surface area (Å²) in [7, 11) is 1.52. The summed E-state index contributed by atoms with van der Waals surface area (Å²) < 4.78 is 49.6. The molecule has 0 aliphatic heterocycles. The maximum absolute atomic E-state index is 13.1. The summed E-state index contributed by atoms with van der Waals surface area (Å²) >= 11 is 0. The second kappa shape index (κ2) is 8.55. The van der Waals surface area contributed by atoms with Gasteiger partial charge in [0.15, 0.2) is 0 Å². The number of rotatable bonds is 8. The molecule has 2 aromatic rings. The first-order chi connectivity index (χ1) is 11.9. The van der Waals surface area contributed by atoms with Crippen LogP contribution in [0.2, 0.25) is 0 Å². The minimum atomic E-state index is -4.57. The molecule has 0 aliphatic carbocycles. The van der Waals surface area contributed by atoms with E-state index in [-0.39, 0.29) is 12.6 Å². The quantitative estimate of drug-likeness (QED) is 0.688. The topological polar surface area (TPSA) is 56.3 Å². The van der Waals surface area contributed by atoms with Gasteiger partial charge in [-0.2, -0.15) is 18.2 Å². The third kappa shape index (κ3) is 5.51. The lowest BCUT2D eigenvalue weighted by Gasteiger charge is -2.14. The zero-order valence-electron chi connectivity index (χ0n) is 14.1. The standard InChI is InChI=1S/C17H20F3N3O2/c1-3-4-5-9-25-15-14(17(18,19)20)11-21-16(23-15)22-12-7-6-8-13(10-12)24-2/h6-8,10-11H,3-5,9H2,1-2H3,(H,21,22,23). The molecule has 1 heterocycles. The predicted octanol–water partition coefficient (Wildman–Crippen LogP) is 4.82. The van der Waals surface area contributed by atoms with E-state index in [9.17, 15) is 13.2 Å². The number of nitrogens with zero attached hydrogens (tertiary/aromatic N) is 2. The van der Waals surface area contributed by atoms with Crippen LogP contribution in [-0.2, 0) is 6.18 Å². The largest absolute Gasteiger partial charge is 0.497 e. The van der Waals surface area contributed by atoms with Gasteiger partial charge < -0.3 is 14.8 Å². The maximum Gasteiger partial charge on any atom is 0.423 e. The number of unbranched alkanes of at least 4 members (excludes halogenated alkanes) is 2. The van der Waals surface area contributed by atoms with Gasteiger partial charge in [-0.3, -0.25) is 0 Å². The van der Waals surface area contributed by atoms with Crippen molar-refractivity contribution in [3.8, 4) is 11.6 Å². The molecule has 1 aromatic heterocycles. The normalized spacial score (nSPS) is 11.2. The summed E-state index contributed by atoms with van der Waals surface area (Å²) in [5.41, 5.74) is -0.392. The molecule has 0 fully saturated rings. The highest BCUT2D eigenvalue weighted by molar-refractivity contribution is 5.56. The summed E-state index contributed by atoms with van der Waals surface area (Å²) in [4.78, 5) is 7.62. The number of ether oxygens (including phenoxy) is 2. The van der Waals surface area contributed by atoms with Crippen molar-refractivity contribution in [3.05, 3.63) is 36.0 Å². The van der Waals surface area contributed by atoms with Crippen LogP contribution in [0.4, 0.5) is 24.8 Å². The van der Waals surface area contributed by atoms with E-state index in [1.54, 1.807) is 24.3 Å². The zero-order chi connectivity index (χ0) is 18.3. The van der Waals surface area contributed by atoms with E-state index >= 15 is 0 Å². The number of alkyl halides is 3. The average Bonchev–Trinajstić information content (AvgIpc) is 2.58. The molecule has 136 valence electrons. The minimum Gasteiger partial charge on any atom is -0.497 e. The van der Waals surface area contributed by atoms with Gasteiger partial charge in [-0.1, -0.05) is 25.8 Å². The first kappa shape index (κ1) is 18.8. The molecule has 1 N–H and O–H groups in total. The molecule has 8 heteroatoms. The van der Waals surface area contributed by atoms with Crippen molar-refractivity contribution in [1.82, 2.24) is 9.97 Å². The summed E-state index contributed by atoms with van der Waals surface area (Å²) in [6, 6.07) is 6.91. The van der Waals surface area contributed by atoms with E-state index in [1.165, 1.54) is 7.11 Å². The SMILES string of the molecule is CCCCCOc1nc(Nc2cccc(OC)c2)ncc1C(F)(F)F. The predicted molar refractivity (Wildman–Crippen MR) is 88.3 cm³/mol. The van der Waals surface area contributed by atoms with Gasteiger partial charge in [-0.15, -0.1) is 0 Å². The van der Waals surface area contributed by atoms with E-state index in [2.05, 4.69) is 15.3 Å². The fraction of sp³-hybridized carbons (Fsp3) is 0.412. The lowest BCUT2D eigenvalue weighted by atomic mass is 10.2. The maximum atomic E-state index is 13.1. The molecule has 0 spiro atoms. The summed E-state index contributed by atoms with van der Waals surface area (Å²) in [6.07, 6.45) is -1.36. The molecule has 2 rings (SSSR count). The first-order valence-electron chi connectivity index (χ1n) is 7.92. The van der Waals surface area contributed by atoms with Crippen LogP contribution in [-0.4, -0.2) is 23.7 Å². The van der Waals surface area contributed by atoms with Crippen molar-refractivity contribution in [2.24, 2.45) is 0 Å². The fourth-order valence-electron chi connectivity index (χ4n) is 2.08. The van der Waals surface area contributed by atoms with Gasteiger partial charge in [0.1, 0.15) is 11.3 Å². The lowest BCUT2D eigenvalue weighted by Crippen LogP contribution is -2.13. The number of benzene rings is 1.